The Balaban J connectivity index is 2.10. The van der Waals surface area contributed by atoms with E-state index in [-0.39, 0.29) is 5.60 Å². The molecule has 2 nitrogen and oxygen atoms in total. The second-order valence-corrected chi connectivity index (χ2v) is 5.55. The van der Waals surface area contributed by atoms with Crippen LogP contribution in [-0.2, 0) is 11.2 Å². The molecule has 1 saturated carbocycles. The lowest BCUT2D eigenvalue weighted by molar-refractivity contribution is -0.122. The van der Waals surface area contributed by atoms with Crippen LogP contribution in [0.15, 0.2) is 24.3 Å². The summed E-state index contributed by atoms with van der Waals surface area (Å²) in [6.45, 7) is 0. The number of aliphatic hydroxyl groups excluding tert-OH is 1. The first-order valence-electron chi connectivity index (χ1n) is 6.64. The van der Waals surface area contributed by atoms with Gasteiger partial charge in [0.25, 0.3) is 0 Å². The third kappa shape index (κ3) is 2.87. The summed E-state index contributed by atoms with van der Waals surface area (Å²) in [7, 11) is 1.71. The fraction of sp³-hybridized carbons (Fsp3) is 0.600. The van der Waals surface area contributed by atoms with Gasteiger partial charge in [0.1, 0.15) is 0 Å². The Morgan fingerprint density at radius 1 is 1.28 bits per heavy atom. The first-order chi connectivity index (χ1) is 8.68. The van der Waals surface area contributed by atoms with Crippen LogP contribution >= 0.6 is 11.6 Å². The van der Waals surface area contributed by atoms with E-state index in [1.807, 2.05) is 24.3 Å². The van der Waals surface area contributed by atoms with Gasteiger partial charge in [-0.3, -0.25) is 0 Å². The minimum atomic E-state index is -0.484. The summed E-state index contributed by atoms with van der Waals surface area (Å²) in [6, 6.07) is 7.70. The Kier molecular flexibility index (Phi) is 4.66. The van der Waals surface area contributed by atoms with Gasteiger partial charge in [-0.05, 0) is 24.5 Å². The van der Waals surface area contributed by atoms with Crippen molar-refractivity contribution in [3.05, 3.63) is 34.9 Å². The third-order valence-corrected chi connectivity index (χ3v) is 4.45. The van der Waals surface area contributed by atoms with Gasteiger partial charge in [0.05, 0.1) is 11.7 Å². The lowest BCUT2D eigenvalue weighted by Gasteiger charge is -2.40. The molecule has 100 valence electrons. The Labute approximate surface area is 114 Å². The van der Waals surface area contributed by atoms with Gasteiger partial charge in [-0.15, -0.1) is 0 Å². The molecule has 1 aliphatic carbocycles. The van der Waals surface area contributed by atoms with Crippen molar-refractivity contribution >= 4 is 11.6 Å². The molecule has 3 heteroatoms. The fourth-order valence-electron chi connectivity index (χ4n) is 2.88. The van der Waals surface area contributed by atoms with Gasteiger partial charge in [-0.1, -0.05) is 49.1 Å². The summed E-state index contributed by atoms with van der Waals surface area (Å²) < 4.78 is 5.66. The quantitative estimate of drug-likeness (QED) is 0.904. The second kappa shape index (κ2) is 6.05. The minimum Gasteiger partial charge on any atom is -0.390 e. The molecule has 0 amide bonds. The third-order valence-electron chi connectivity index (χ3n) is 4.08. The average Bonchev–Trinajstić information content (AvgIpc) is 2.42. The topological polar surface area (TPSA) is 29.5 Å². The number of ether oxygens (including phenoxy) is 1. The summed E-state index contributed by atoms with van der Waals surface area (Å²) in [5.74, 6) is 0. The average molecular weight is 269 g/mol. The maximum atomic E-state index is 10.5. The van der Waals surface area contributed by atoms with Gasteiger partial charge < -0.3 is 9.84 Å². The van der Waals surface area contributed by atoms with Gasteiger partial charge in [-0.2, -0.15) is 0 Å². The van der Waals surface area contributed by atoms with Crippen molar-refractivity contribution in [2.24, 2.45) is 0 Å². The molecule has 0 spiro atoms. The van der Waals surface area contributed by atoms with Crippen LogP contribution in [0.3, 0.4) is 0 Å². The van der Waals surface area contributed by atoms with E-state index < -0.39 is 6.10 Å². The van der Waals surface area contributed by atoms with E-state index >= 15 is 0 Å². The first kappa shape index (κ1) is 13.9. The molecule has 0 bridgehead atoms. The molecule has 1 aliphatic rings. The zero-order valence-electron chi connectivity index (χ0n) is 10.9. The highest BCUT2D eigenvalue weighted by molar-refractivity contribution is 6.31. The van der Waals surface area contributed by atoms with Crippen LogP contribution in [0.25, 0.3) is 0 Å². The van der Waals surface area contributed by atoms with E-state index in [0.717, 1.165) is 36.3 Å². The predicted molar refractivity (Wildman–Crippen MR) is 74.0 cm³/mol. The second-order valence-electron chi connectivity index (χ2n) is 5.14. The van der Waals surface area contributed by atoms with Crippen LogP contribution in [0.5, 0.6) is 0 Å². The molecule has 0 heterocycles. The zero-order chi connectivity index (χ0) is 13.0. The van der Waals surface area contributed by atoms with Gasteiger partial charge in [-0.25, -0.2) is 0 Å². The van der Waals surface area contributed by atoms with E-state index in [1.165, 1.54) is 6.42 Å². The number of hydrogen-bond acceptors (Lipinski definition) is 2. The number of hydrogen-bond donors (Lipinski definition) is 1. The van der Waals surface area contributed by atoms with E-state index in [2.05, 4.69) is 0 Å². The summed E-state index contributed by atoms with van der Waals surface area (Å²) >= 11 is 6.14. The Hall–Kier alpha value is -0.570. The molecule has 0 aliphatic heterocycles. The molecule has 1 aromatic rings. The van der Waals surface area contributed by atoms with Crippen LogP contribution in [0, 0.1) is 0 Å². The van der Waals surface area contributed by atoms with Crippen molar-refractivity contribution in [2.75, 3.05) is 7.11 Å². The normalized spacial score (nSPS) is 20.6. The molecule has 0 aromatic heterocycles. The molecule has 18 heavy (non-hydrogen) atoms. The van der Waals surface area contributed by atoms with Crippen LogP contribution in [0.2, 0.25) is 5.02 Å². The predicted octanol–water partition coefficient (Wildman–Crippen LogP) is 3.59. The van der Waals surface area contributed by atoms with Crippen molar-refractivity contribution in [1.29, 1.82) is 0 Å². The Bertz CT molecular complexity index is 386. The highest BCUT2D eigenvalue weighted by atomic mass is 35.5. The maximum Gasteiger partial charge on any atom is 0.0939 e. The maximum absolute atomic E-state index is 10.5. The molecular formula is C15H21ClO2. The van der Waals surface area contributed by atoms with E-state index in [4.69, 9.17) is 16.3 Å². The molecule has 0 radical (unpaired) electrons. The lowest BCUT2D eigenvalue weighted by atomic mass is 9.78. The van der Waals surface area contributed by atoms with Crippen molar-refractivity contribution < 1.29 is 9.84 Å². The van der Waals surface area contributed by atoms with Crippen molar-refractivity contribution in [3.8, 4) is 0 Å². The van der Waals surface area contributed by atoms with Crippen molar-refractivity contribution in [3.63, 3.8) is 0 Å². The molecule has 2 rings (SSSR count). The van der Waals surface area contributed by atoms with Crippen molar-refractivity contribution in [1.82, 2.24) is 0 Å². The number of rotatable bonds is 4. The summed E-state index contributed by atoms with van der Waals surface area (Å²) in [6.07, 6.45) is 5.46. The van der Waals surface area contributed by atoms with E-state index in [0.29, 0.717) is 6.42 Å². The standard InChI is InChI=1S/C15H21ClO2/c1-18-15(9-5-2-6-10-15)14(17)11-12-7-3-4-8-13(12)16/h3-4,7-8,14,17H,2,5-6,9-11H2,1H3. The van der Waals surface area contributed by atoms with E-state index in [9.17, 15) is 5.11 Å². The van der Waals surface area contributed by atoms with Gasteiger partial charge in [0.15, 0.2) is 0 Å². The van der Waals surface area contributed by atoms with Crippen LogP contribution < -0.4 is 0 Å². The SMILES string of the molecule is COC1(C(O)Cc2ccccc2Cl)CCCCC1. The summed E-state index contributed by atoms with van der Waals surface area (Å²) in [5, 5.41) is 11.2. The number of methoxy groups -OCH3 is 1. The Morgan fingerprint density at radius 3 is 2.56 bits per heavy atom. The number of aliphatic hydroxyl groups is 1. The number of benzene rings is 1. The molecular weight excluding hydrogens is 248 g/mol. The summed E-state index contributed by atoms with van der Waals surface area (Å²) in [5.41, 5.74) is 0.617. The van der Waals surface area contributed by atoms with Crippen LogP contribution in [0.4, 0.5) is 0 Å². The van der Waals surface area contributed by atoms with Gasteiger partial charge in [0.2, 0.25) is 0 Å². The first-order valence-corrected chi connectivity index (χ1v) is 7.02. The highest BCUT2D eigenvalue weighted by Gasteiger charge is 2.39. The molecule has 1 unspecified atom stereocenters. The Morgan fingerprint density at radius 2 is 1.94 bits per heavy atom. The minimum absolute atomic E-state index is 0.378. The summed E-state index contributed by atoms with van der Waals surface area (Å²) in [4.78, 5) is 0. The zero-order valence-corrected chi connectivity index (χ0v) is 11.6. The highest BCUT2D eigenvalue weighted by Crippen LogP contribution is 2.35. The molecule has 1 N–H and O–H groups in total. The number of halogens is 1. The van der Waals surface area contributed by atoms with Crippen molar-refractivity contribution in [2.45, 2.75) is 50.2 Å². The van der Waals surface area contributed by atoms with Gasteiger partial charge >= 0.3 is 0 Å². The van der Waals surface area contributed by atoms with E-state index in [1.54, 1.807) is 7.11 Å². The monoisotopic (exact) mass is 268 g/mol. The van der Waals surface area contributed by atoms with Crippen LogP contribution in [-0.4, -0.2) is 23.9 Å². The molecule has 1 aromatic carbocycles. The van der Waals surface area contributed by atoms with Crippen LogP contribution in [0.1, 0.15) is 37.7 Å². The fourth-order valence-corrected chi connectivity index (χ4v) is 3.09. The molecule has 1 fully saturated rings. The lowest BCUT2D eigenvalue weighted by Crippen LogP contribution is -2.46. The molecule has 0 saturated heterocycles. The van der Waals surface area contributed by atoms with Gasteiger partial charge in [0, 0.05) is 18.6 Å². The molecule has 1 atom stereocenters. The largest absolute Gasteiger partial charge is 0.390 e. The smallest absolute Gasteiger partial charge is 0.0939 e.